The molecule has 0 bridgehead atoms. The Morgan fingerprint density at radius 3 is 2.38 bits per heavy atom. The highest BCUT2D eigenvalue weighted by molar-refractivity contribution is 7.98. The van der Waals surface area contributed by atoms with Crippen LogP contribution >= 0.6 is 11.8 Å². The van der Waals surface area contributed by atoms with Gasteiger partial charge in [0.25, 0.3) is 0 Å². The molecule has 0 saturated heterocycles. The van der Waals surface area contributed by atoms with Crippen LogP contribution < -0.4 is 10.6 Å². The summed E-state index contributed by atoms with van der Waals surface area (Å²) in [6.45, 7) is 2.57. The molecule has 6 nitrogen and oxygen atoms in total. The summed E-state index contributed by atoms with van der Waals surface area (Å²) in [5, 5.41) is 12.2. The molecule has 0 unspecified atom stereocenters. The van der Waals surface area contributed by atoms with Crippen molar-refractivity contribution in [2.45, 2.75) is 4.90 Å². The van der Waals surface area contributed by atoms with E-state index in [1.807, 2.05) is 24.5 Å². The van der Waals surface area contributed by atoms with E-state index in [0.29, 0.717) is 26.3 Å². The van der Waals surface area contributed by atoms with E-state index in [1.54, 1.807) is 26.0 Å². The Bertz CT molecular complexity index is 461. The van der Waals surface area contributed by atoms with Crippen LogP contribution in [0.2, 0.25) is 0 Å². The number of methoxy groups -OCH3 is 2. The normalized spacial score (nSPS) is 11.7. The number of nitrogens with zero attached hydrogens (tertiary/aromatic N) is 2. The van der Waals surface area contributed by atoms with Crippen LogP contribution in [-0.2, 0) is 9.47 Å². The number of ether oxygens (including phenoxy) is 2. The number of amidine groups is 1. The van der Waals surface area contributed by atoms with Crippen LogP contribution in [0.4, 0.5) is 5.69 Å². The van der Waals surface area contributed by atoms with E-state index in [4.69, 9.17) is 20.4 Å². The number of hydrogen-bond donors (Lipinski definition) is 2. The summed E-state index contributed by atoms with van der Waals surface area (Å²) in [5.41, 5.74) is 7.51. The van der Waals surface area contributed by atoms with Gasteiger partial charge < -0.3 is 25.3 Å². The quantitative estimate of drug-likeness (QED) is 0.237. The average molecular weight is 313 g/mol. The lowest BCUT2D eigenvalue weighted by molar-refractivity contribution is 0.190. The van der Waals surface area contributed by atoms with E-state index in [2.05, 4.69) is 10.1 Å². The lowest BCUT2D eigenvalue weighted by atomic mass is 10.1. The summed E-state index contributed by atoms with van der Waals surface area (Å²) >= 11 is 1.56. The molecule has 1 rings (SSSR count). The summed E-state index contributed by atoms with van der Waals surface area (Å²) in [4.78, 5) is 3.07. The summed E-state index contributed by atoms with van der Waals surface area (Å²) in [6, 6.07) is 5.87. The molecule has 21 heavy (non-hydrogen) atoms. The zero-order valence-corrected chi connectivity index (χ0v) is 13.5. The molecule has 0 spiro atoms. The van der Waals surface area contributed by atoms with Gasteiger partial charge in [0.2, 0.25) is 0 Å². The molecule has 1 aromatic carbocycles. The van der Waals surface area contributed by atoms with Gasteiger partial charge in [-0.05, 0) is 18.4 Å². The zero-order chi connectivity index (χ0) is 15.7. The van der Waals surface area contributed by atoms with Crippen LogP contribution in [0.25, 0.3) is 0 Å². The van der Waals surface area contributed by atoms with E-state index in [-0.39, 0.29) is 5.84 Å². The van der Waals surface area contributed by atoms with E-state index in [0.717, 1.165) is 16.1 Å². The van der Waals surface area contributed by atoms with E-state index in [9.17, 15) is 0 Å². The van der Waals surface area contributed by atoms with Crippen molar-refractivity contribution in [3.05, 3.63) is 23.8 Å². The van der Waals surface area contributed by atoms with Gasteiger partial charge >= 0.3 is 0 Å². The molecule has 0 aromatic heterocycles. The topological polar surface area (TPSA) is 80.3 Å². The van der Waals surface area contributed by atoms with Crippen molar-refractivity contribution in [1.29, 1.82) is 0 Å². The van der Waals surface area contributed by atoms with Crippen molar-refractivity contribution in [2.24, 2.45) is 10.9 Å². The number of hydrogen-bond acceptors (Lipinski definition) is 6. The van der Waals surface area contributed by atoms with Crippen molar-refractivity contribution in [2.75, 3.05) is 51.7 Å². The Labute approximate surface area is 129 Å². The first-order chi connectivity index (χ1) is 10.2. The van der Waals surface area contributed by atoms with Gasteiger partial charge in [-0.2, -0.15) is 0 Å². The van der Waals surface area contributed by atoms with Crippen LogP contribution in [0.5, 0.6) is 0 Å². The SMILES string of the molecule is COCCN(CCOC)c1cccc(SC)c1/C(N)=N/O. The first kappa shape index (κ1) is 17.6. The second-order valence-electron chi connectivity index (χ2n) is 4.31. The molecule has 1 aromatic rings. The average Bonchev–Trinajstić information content (AvgIpc) is 2.53. The molecule has 0 heterocycles. The minimum Gasteiger partial charge on any atom is -0.409 e. The lowest BCUT2D eigenvalue weighted by Crippen LogP contribution is -2.33. The molecule has 3 N–H and O–H groups in total. The second-order valence-corrected chi connectivity index (χ2v) is 5.16. The van der Waals surface area contributed by atoms with Gasteiger partial charge in [0.05, 0.1) is 18.8 Å². The zero-order valence-electron chi connectivity index (χ0n) is 12.7. The van der Waals surface area contributed by atoms with Crippen molar-refractivity contribution >= 4 is 23.3 Å². The molecule has 0 aliphatic rings. The standard InChI is InChI=1S/C14H23N3O3S/c1-19-9-7-17(8-10-20-2)11-5-4-6-12(21-3)13(11)14(15)16-18/h4-6,18H,7-10H2,1-3H3,(H2,15,16). The van der Waals surface area contributed by atoms with Crippen LogP contribution in [0, 0.1) is 0 Å². The van der Waals surface area contributed by atoms with Gasteiger partial charge in [-0.3, -0.25) is 0 Å². The molecular formula is C14H23N3O3S. The number of thioether (sulfide) groups is 1. The van der Waals surface area contributed by atoms with Crippen molar-refractivity contribution < 1.29 is 14.7 Å². The maximum atomic E-state index is 9.05. The number of oxime groups is 1. The second kappa shape index (κ2) is 9.49. The number of benzene rings is 1. The van der Waals surface area contributed by atoms with E-state index in [1.165, 1.54) is 0 Å². The first-order valence-electron chi connectivity index (χ1n) is 6.57. The van der Waals surface area contributed by atoms with Crippen molar-refractivity contribution in [3.8, 4) is 0 Å². The van der Waals surface area contributed by atoms with Crippen LogP contribution in [-0.4, -0.2) is 57.8 Å². The van der Waals surface area contributed by atoms with Crippen LogP contribution in [0.3, 0.4) is 0 Å². The Hall–Kier alpha value is -1.44. The highest BCUT2D eigenvalue weighted by Gasteiger charge is 2.17. The molecule has 0 aliphatic heterocycles. The first-order valence-corrected chi connectivity index (χ1v) is 7.79. The Balaban J connectivity index is 3.21. The van der Waals surface area contributed by atoms with Gasteiger partial charge in [-0.1, -0.05) is 11.2 Å². The van der Waals surface area contributed by atoms with E-state index < -0.39 is 0 Å². The highest BCUT2D eigenvalue weighted by atomic mass is 32.2. The third-order valence-electron chi connectivity index (χ3n) is 3.06. The third-order valence-corrected chi connectivity index (χ3v) is 3.84. The van der Waals surface area contributed by atoms with Gasteiger partial charge in [0, 0.05) is 37.9 Å². The predicted octanol–water partition coefficient (Wildman–Crippen LogP) is 1.60. The fourth-order valence-electron chi connectivity index (χ4n) is 2.02. The minimum atomic E-state index is 0.106. The number of anilines is 1. The molecule has 0 fully saturated rings. The predicted molar refractivity (Wildman–Crippen MR) is 86.7 cm³/mol. The molecule has 0 radical (unpaired) electrons. The van der Waals surface area contributed by atoms with E-state index >= 15 is 0 Å². The van der Waals surface area contributed by atoms with Crippen molar-refractivity contribution in [3.63, 3.8) is 0 Å². The van der Waals surface area contributed by atoms with Gasteiger partial charge in [-0.25, -0.2) is 0 Å². The highest BCUT2D eigenvalue weighted by Crippen LogP contribution is 2.29. The molecule has 118 valence electrons. The Morgan fingerprint density at radius 2 is 1.90 bits per heavy atom. The largest absolute Gasteiger partial charge is 0.409 e. The Kier molecular flexibility index (Phi) is 7.96. The molecular weight excluding hydrogens is 290 g/mol. The summed E-state index contributed by atoms with van der Waals surface area (Å²) in [6.07, 6.45) is 1.96. The maximum absolute atomic E-state index is 9.05. The fourth-order valence-corrected chi connectivity index (χ4v) is 2.64. The maximum Gasteiger partial charge on any atom is 0.173 e. The smallest absolute Gasteiger partial charge is 0.173 e. The summed E-state index contributed by atoms with van der Waals surface area (Å²) in [7, 11) is 3.33. The molecule has 7 heteroatoms. The minimum absolute atomic E-state index is 0.106. The molecule has 0 atom stereocenters. The Morgan fingerprint density at radius 1 is 1.29 bits per heavy atom. The molecule has 0 amide bonds. The van der Waals surface area contributed by atoms with Gasteiger partial charge in [0.1, 0.15) is 0 Å². The lowest BCUT2D eigenvalue weighted by Gasteiger charge is -2.27. The summed E-state index contributed by atoms with van der Waals surface area (Å²) < 4.78 is 10.3. The van der Waals surface area contributed by atoms with Crippen LogP contribution in [0.15, 0.2) is 28.3 Å². The van der Waals surface area contributed by atoms with Crippen LogP contribution in [0.1, 0.15) is 5.56 Å². The fraction of sp³-hybridized carbons (Fsp3) is 0.500. The van der Waals surface area contributed by atoms with Gasteiger partial charge in [0.15, 0.2) is 5.84 Å². The van der Waals surface area contributed by atoms with Crippen molar-refractivity contribution in [1.82, 2.24) is 0 Å². The third kappa shape index (κ3) is 4.80. The van der Waals surface area contributed by atoms with Gasteiger partial charge in [-0.15, -0.1) is 11.8 Å². The monoisotopic (exact) mass is 313 g/mol. The molecule has 0 aliphatic carbocycles. The number of nitrogens with two attached hydrogens (primary N) is 1. The summed E-state index contributed by atoms with van der Waals surface area (Å²) in [5.74, 6) is 0.106. The number of rotatable bonds is 9. The molecule has 0 saturated carbocycles.